The van der Waals surface area contributed by atoms with Crippen molar-refractivity contribution in [2.24, 2.45) is 5.73 Å². The monoisotopic (exact) mass is 223 g/mol. The number of thiophene rings is 1. The topological polar surface area (TPSA) is 83.6 Å². The van der Waals surface area contributed by atoms with Crippen LogP contribution >= 0.6 is 11.3 Å². The number of carboxylic acid groups (broad SMARTS) is 1. The van der Waals surface area contributed by atoms with Crippen molar-refractivity contribution in [3.8, 4) is 5.75 Å². The quantitative estimate of drug-likeness (QED) is 0.723. The Labute approximate surface area is 89.6 Å². The van der Waals surface area contributed by atoms with Crippen molar-refractivity contribution in [2.45, 2.75) is 6.04 Å². The zero-order valence-corrected chi connectivity index (χ0v) is 8.49. The number of nitrogens with two attached hydrogens (primary N) is 1. The van der Waals surface area contributed by atoms with E-state index in [9.17, 15) is 9.90 Å². The SMILES string of the molecule is NC(C(=O)O)c1cc2c(O)cccc2s1. The van der Waals surface area contributed by atoms with Crippen molar-refractivity contribution >= 4 is 27.4 Å². The second kappa shape index (κ2) is 3.52. The van der Waals surface area contributed by atoms with Gasteiger partial charge in [-0.25, -0.2) is 0 Å². The number of carbonyl (C=O) groups is 1. The Hall–Kier alpha value is -1.59. The standard InChI is InChI=1S/C10H9NO3S/c11-9(10(13)14)8-4-5-6(12)2-1-3-7(5)15-8/h1-4,9,12H,11H2,(H,13,14). The van der Waals surface area contributed by atoms with E-state index in [4.69, 9.17) is 10.8 Å². The molecule has 1 aromatic heterocycles. The molecule has 0 aliphatic heterocycles. The molecule has 0 amide bonds. The summed E-state index contributed by atoms with van der Waals surface area (Å²) in [5.41, 5.74) is 5.48. The molecule has 5 heteroatoms. The van der Waals surface area contributed by atoms with Gasteiger partial charge < -0.3 is 15.9 Å². The number of phenols is 1. The van der Waals surface area contributed by atoms with E-state index in [-0.39, 0.29) is 5.75 Å². The molecule has 4 nitrogen and oxygen atoms in total. The summed E-state index contributed by atoms with van der Waals surface area (Å²) in [5.74, 6) is -0.923. The molecular formula is C10H9NO3S. The molecule has 1 atom stereocenters. The predicted octanol–water partition coefficient (Wildman–Crippen LogP) is 1.69. The highest BCUT2D eigenvalue weighted by Crippen LogP contribution is 2.34. The number of fused-ring (bicyclic) bond motifs is 1. The molecule has 0 bridgehead atoms. The van der Waals surface area contributed by atoms with Crippen LogP contribution in [-0.2, 0) is 4.79 Å². The van der Waals surface area contributed by atoms with Gasteiger partial charge in [-0.2, -0.15) is 0 Å². The van der Waals surface area contributed by atoms with Gasteiger partial charge in [-0.3, -0.25) is 4.79 Å². The van der Waals surface area contributed by atoms with Gasteiger partial charge in [0, 0.05) is 15.0 Å². The van der Waals surface area contributed by atoms with Crippen molar-refractivity contribution in [3.05, 3.63) is 29.1 Å². The van der Waals surface area contributed by atoms with Gasteiger partial charge in [-0.15, -0.1) is 11.3 Å². The maximum absolute atomic E-state index is 10.7. The Bertz CT molecular complexity index is 520. The first-order valence-corrected chi connectivity index (χ1v) is 5.11. The molecule has 78 valence electrons. The highest BCUT2D eigenvalue weighted by molar-refractivity contribution is 7.19. The molecule has 0 saturated carbocycles. The second-order valence-electron chi connectivity index (χ2n) is 3.15. The van der Waals surface area contributed by atoms with Gasteiger partial charge in [0.1, 0.15) is 11.8 Å². The molecule has 15 heavy (non-hydrogen) atoms. The molecule has 2 aromatic rings. The van der Waals surface area contributed by atoms with E-state index in [1.165, 1.54) is 11.3 Å². The summed E-state index contributed by atoms with van der Waals surface area (Å²) in [7, 11) is 0. The number of aromatic hydroxyl groups is 1. The Morgan fingerprint density at radius 1 is 1.47 bits per heavy atom. The third-order valence-corrected chi connectivity index (χ3v) is 3.31. The van der Waals surface area contributed by atoms with Gasteiger partial charge in [0.15, 0.2) is 0 Å². The summed E-state index contributed by atoms with van der Waals surface area (Å²) < 4.78 is 0.835. The smallest absolute Gasteiger partial charge is 0.325 e. The van der Waals surface area contributed by atoms with Crippen LogP contribution in [0.2, 0.25) is 0 Å². The predicted molar refractivity (Wildman–Crippen MR) is 58.1 cm³/mol. The van der Waals surface area contributed by atoms with Crippen LogP contribution in [0.5, 0.6) is 5.75 Å². The number of phenolic OH excluding ortho intramolecular Hbond substituents is 1. The largest absolute Gasteiger partial charge is 0.507 e. The van der Waals surface area contributed by atoms with Crippen LogP contribution in [0.3, 0.4) is 0 Å². The molecule has 4 N–H and O–H groups in total. The van der Waals surface area contributed by atoms with E-state index in [1.807, 2.05) is 6.07 Å². The highest BCUT2D eigenvalue weighted by Gasteiger charge is 2.17. The van der Waals surface area contributed by atoms with Crippen LogP contribution in [0.25, 0.3) is 10.1 Å². The van der Waals surface area contributed by atoms with Gasteiger partial charge in [0.25, 0.3) is 0 Å². The number of rotatable bonds is 2. The molecular weight excluding hydrogens is 214 g/mol. The lowest BCUT2D eigenvalue weighted by molar-refractivity contribution is -0.138. The lowest BCUT2D eigenvalue weighted by Crippen LogP contribution is -2.19. The third-order valence-electron chi connectivity index (χ3n) is 2.13. The molecule has 1 aromatic carbocycles. The molecule has 0 radical (unpaired) electrons. The molecule has 0 spiro atoms. The summed E-state index contributed by atoms with van der Waals surface area (Å²) in [4.78, 5) is 11.2. The summed E-state index contributed by atoms with van der Waals surface area (Å²) in [6, 6.07) is 5.68. The van der Waals surface area contributed by atoms with Crippen molar-refractivity contribution in [1.82, 2.24) is 0 Å². The van der Waals surface area contributed by atoms with Crippen LogP contribution in [0.4, 0.5) is 0 Å². The van der Waals surface area contributed by atoms with E-state index < -0.39 is 12.0 Å². The van der Waals surface area contributed by atoms with Gasteiger partial charge in [0.05, 0.1) is 0 Å². The van der Waals surface area contributed by atoms with E-state index >= 15 is 0 Å². The van der Waals surface area contributed by atoms with Crippen LogP contribution < -0.4 is 5.73 Å². The first-order valence-electron chi connectivity index (χ1n) is 4.29. The Kier molecular flexibility index (Phi) is 2.34. The van der Waals surface area contributed by atoms with Crippen molar-refractivity contribution in [1.29, 1.82) is 0 Å². The summed E-state index contributed by atoms with van der Waals surface area (Å²) in [6.07, 6.45) is 0. The van der Waals surface area contributed by atoms with Crippen molar-refractivity contribution in [3.63, 3.8) is 0 Å². The van der Waals surface area contributed by atoms with Gasteiger partial charge in [-0.05, 0) is 18.2 Å². The van der Waals surface area contributed by atoms with Crippen LogP contribution in [0, 0.1) is 0 Å². The molecule has 0 saturated heterocycles. The van der Waals surface area contributed by atoms with E-state index in [0.29, 0.717) is 10.3 Å². The van der Waals surface area contributed by atoms with Crippen LogP contribution in [0.1, 0.15) is 10.9 Å². The number of hydrogen-bond donors (Lipinski definition) is 3. The molecule has 0 fully saturated rings. The molecule has 0 aliphatic carbocycles. The molecule has 1 unspecified atom stereocenters. The summed E-state index contributed by atoms with van der Waals surface area (Å²) >= 11 is 1.28. The van der Waals surface area contributed by atoms with Crippen molar-refractivity contribution < 1.29 is 15.0 Å². The fourth-order valence-electron chi connectivity index (χ4n) is 1.34. The molecule has 1 heterocycles. The first-order chi connectivity index (χ1) is 7.09. The fourth-order valence-corrected chi connectivity index (χ4v) is 2.42. The third kappa shape index (κ3) is 1.67. The zero-order chi connectivity index (χ0) is 11.0. The second-order valence-corrected chi connectivity index (χ2v) is 4.27. The minimum absolute atomic E-state index is 0.146. The Morgan fingerprint density at radius 3 is 2.80 bits per heavy atom. The minimum atomic E-state index is -1.07. The van der Waals surface area contributed by atoms with E-state index in [2.05, 4.69) is 0 Å². The van der Waals surface area contributed by atoms with E-state index in [1.54, 1.807) is 18.2 Å². The first kappa shape index (κ1) is 9.95. The highest BCUT2D eigenvalue weighted by atomic mass is 32.1. The van der Waals surface area contributed by atoms with Crippen LogP contribution in [-0.4, -0.2) is 16.2 Å². The number of benzene rings is 1. The van der Waals surface area contributed by atoms with Crippen LogP contribution in [0.15, 0.2) is 24.3 Å². The summed E-state index contributed by atoms with van der Waals surface area (Å²) in [6.45, 7) is 0. The van der Waals surface area contributed by atoms with Gasteiger partial charge >= 0.3 is 5.97 Å². The maximum Gasteiger partial charge on any atom is 0.325 e. The van der Waals surface area contributed by atoms with Gasteiger partial charge in [-0.1, -0.05) is 6.07 Å². The Balaban J connectivity index is 2.56. The Morgan fingerprint density at radius 2 is 2.20 bits per heavy atom. The number of aliphatic carboxylic acids is 1. The lowest BCUT2D eigenvalue weighted by atomic mass is 10.2. The van der Waals surface area contributed by atoms with Gasteiger partial charge in [0.2, 0.25) is 0 Å². The minimum Gasteiger partial charge on any atom is -0.507 e. The molecule has 0 aliphatic rings. The van der Waals surface area contributed by atoms with Crippen molar-refractivity contribution in [2.75, 3.05) is 0 Å². The summed E-state index contributed by atoms with van der Waals surface area (Å²) in [5, 5.41) is 18.9. The van der Waals surface area contributed by atoms with E-state index in [0.717, 1.165) is 4.70 Å². The average Bonchev–Trinajstić information content (AvgIpc) is 2.61. The zero-order valence-electron chi connectivity index (χ0n) is 7.68. The average molecular weight is 223 g/mol. The molecule has 2 rings (SSSR count). The number of carboxylic acids is 1. The number of hydrogen-bond acceptors (Lipinski definition) is 4. The fraction of sp³-hybridized carbons (Fsp3) is 0.100. The normalized spacial score (nSPS) is 12.9. The lowest BCUT2D eigenvalue weighted by Gasteiger charge is -2.00. The maximum atomic E-state index is 10.7.